The van der Waals surface area contributed by atoms with E-state index in [1.807, 2.05) is 38.1 Å². The summed E-state index contributed by atoms with van der Waals surface area (Å²) in [4.78, 5) is 27.1. The van der Waals surface area contributed by atoms with Gasteiger partial charge in [-0.1, -0.05) is 29.8 Å². The Morgan fingerprint density at radius 1 is 1.17 bits per heavy atom. The molecular weight excluding hydrogens is 326 g/mol. The Morgan fingerprint density at radius 3 is 2.50 bits per heavy atom. The van der Waals surface area contributed by atoms with Crippen LogP contribution in [0.5, 0.6) is 0 Å². The number of aliphatic hydroxyl groups is 1. The summed E-state index contributed by atoms with van der Waals surface area (Å²) < 4.78 is 5.28. The van der Waals surface area contributed by atoms with Gasteiger partial charge in [-0.05, 0) is 25.8 Å². The second kappa shape index (κ2) is 9.01. The third-order valence-electron chi connectivity index (χ3n) is 3.68. The van der Waals surface area contributed by atoms with E-state index in [0.717, 1.165) is 11.1 Å². The fourth-order valence-electron chi connectivity index (χ4n) is 2.48. The highest BCUT2D eigenvalue weighted by Crippen LogP contribution is 2.36. The number of amides is 2. The molecule has 5 nitrogen and oxygen atoms in total. The Bertz CT molecular complexity index is 624. The van der Waals surface area contributed by atoms with Crippen LogP contribution >= 0.6 is 11.8 Å². The van der Waals surface area contributed by atoms with E-state index in [9.17, 15) is 9.59 Å². The van der Waals surface area contributed by atoms with Gasteiger partial charge in [-0.15, -0.1) is 11.8 Å². The third kappa shape index (κ3) is 4.26. The molecule has 1 N–H and O–H groups in total. The maximum absolute atomic E-state index is 12.8. The number of thioether (sulfide) groups is 1. The van der Waals surface area contributed by atoms with Gasteiger partial charge in [-0.25, -0.2) is 0 Å². The summed E-state index contributed by atoms with van der Waals surface area (Å²) in [6, 6.07) is 7.57. The van der Waals surface area contributed by atoms with Crippen molar-refractivity contribution in [1.82, 2.24) is 4.90 Å². The maximum atomic E-state index is 12.8. The van der Waals surface area contributed by atoms with Gasteiger partial charge in [0.1, 0.15) is 0 Å². The van der Waals surface area contributed by atoms with Crippen LogP contribution in [0.25, 0.3) is 5.57 Å². The van der Waals surface area contributed by atoms with Gasteiger partial charge in [-0.3, -0.25) is 14.5 Å². The van der Waals surface area contributed by atoms with Crippen LogP contribution in [-0.4, -0.2) is 53.9 Å². The van der Waals surface area contributed by atoms with Crippen LogP contribution in [0.1, 0.15) is 24.5 Å². The van der Waals surface area contributed by atoms with Crippen molar-refractivity contribution in [3.05, 3.63) is 40.3 Å². The lowest BCUT2D eigenvalue weighted by Crippen LogP contribution is -2.33. The number of aliphatic hydroxyl groups excluding tert-OH is 1. The summed E-state index contributed by atoms with van der Waals surface area (Å²) >= 11 is 1.24. The van der Waals surface area contributed by atoms with E-state index in [0.29, 0.717) is 42.4 Å². The van der Waals surface area contributed by atoms with Gasteiger partial charge < -0.3 is 9.84 Å². The number of hydrogen-bond donors (Lipinski definition) is 1. The van der Waals surface area contributed by atoms with Crippen molar-refractivity contribution in [2.75, 3.05) is 32.1 Å². The van der Waals surface area contributed by atoms with Crippen molar-refractivity contribution in [3.63, 3.8) is 0 Å². The van der Waals surface area contributed by atoms with Crippen molar-refractivity contribution in [3.8, 4) is 0 Å². The molecule has 0 fully saturated rings. The van der Waals surface area contributed by atoms with Gasteiger partial charge in [0, 0.05) is 25.5 Å². The first kappa shape index (κ1) is 18.7. The van der Waals surface area contributed by atoms with Crippen LogP contribution in [0.15, 0.2) is 29.2 Å². The molecule has 1 aromatic rings. The van der Waals surface area contributed by atoms with E-state index in [1.165, 1.54) is 16.7 Å². The van der Waals surface area contributed by atoms with E-state index in [4.69, 9.17) is 9.84 Å². The van der Waals surface area contributed by atoms with E-state index in [1.54, 1.807) is 0 Å². The van der Waals surface area contributed by atoms with E-state index < -0.39 is 0 Å². The normalized spacial score (nSPS) is 14.9. The zero-order chi connectivity index (χ0) is 17.5. The number of carbonyl (C=O) groups excluding carboxylic acids is 2. The molecule has 0 unspecified atom stereocenters. The van der Waals surface area contributed by atoms with Gasteiger partial charge in [0.15, 0.2) is 0 Å². The number of aryl methyl sites for hydroxylation is 1. The molecule has 0 radical (unpaired) electrons. The minimum Gasteiger partial charge on any atom is -0.396 e. The SMILES string of the molecule is CCOCCCN1C(=O)C(SCCO)=C(c2ccc(C)cc2)C1=O. The summed E-state index contributed by atoms with van der Waals surface area (Å²) in [5.41, 5.74) is 2.27. The number of imide groups is 1. The zero-order valence-corrected chi connectivity index (χ0v) is 14.9. The lowest BCUT2D eigenvalue weighted by atomic mass is 10.0. The van der Waals surface area contributed by atoms with Gasteiger partial charge in [0.05, 0.1) is 17.1 Å². The molecule has 2 amide bonds. The Hall–Kier alpha value is -1.63. The zero-order valence-electron chi connectivity index (χ0n) is 14.1. The van der Waals surface area contributed by atoms with Gasteiger partial charge in [0.2, 0.25) is 0 Å². The first-order valence-electron chi connectivity index (χ1n) is 8.09. The number of hydrogen-bond acceptors (Lipinski definition) is 5. The van der Waals surface area contributed by atoms with Crippen LogP contribution in [0.3, 0.4) is 0 Å². The molecule has 0 aliphatic carbocycles. The average Bonchev–Trinajstić information content (AvgIpc) is 2.81. The summed E-state index contributed by atoms with van der Waals surface area (Å²) in [6.07, 6.45) is 0.616. The molecule has 1 aliphatic heterocycles. The number of carbonyl (C=O) groups is 2. The standard InChI is InChI=1S/C18H23NO4S/c1-3-23-11-4-9-19-17(21)15(14-7-5-13(2)6-8-14)16(18(19)22)24-12-10-20/h5-8,20H,3-4,9-12H2,1-2H3. The molecule has 0 saturated heterocycles. The summed E-state index contributed by atoms with van der Waals surface area (Å²) in [5.74, 6) is -0.150. The van der Waals surface area contributed by atoms with E-state index in [-0.39, 0.29) is 18.4 Å². The van der Waals surface area contributed by atoms with Crippen molar-refractivity contribution in [2.24, 2.45) is 0 Å². The van der Waals surface area contributed by atoms with Crippen molar-refractivity contribution < 1.29 is 19.4 Å². The highest BCUT2D eigenvalue weighted by molar-refractivity contribution is 8.04. The van der Waals surface area contributed by atoms with Gasteiger partial charge >= 0.3 is 0 Å². The van der Waals surface area contributed by atoms with Gasteiger partial charge in [-0.2, -0.15) is 0 Å². The van der Waals surface area contributed by atoms with Crippen LogP contribution in [0, 0.1) is 6.92 Å². The van der Waals surface area contributed by atoms with Crippen LogP contribution in [0.4, 0.5) is 0 Å². The highest BCUT2D eigenvalue weighted by atomic mass is 32.2. The summed E-state index contributed by atoms with van der Waals surface area (Å²) in [7, 11) is 0. The van der Waals surface area contributed by atoms with Gasteiger partial charge in [0.25, 0.3) is 11.8 Å². The van der Waals surface area contributed by atoms with Crippen molar-refractivity contribution in [1.29, 1.82) is 0 Å². The Morgan fingerprint density at radius 2 is 1.88 bits per heavy atom. The first-order chi connectivity index (χ1) is 11.6. The Kier molecular flexibility index (Phi) is 7.02. The highest BCUT2D eigenvalue weighted by Gasteiger charge is 2.38. The molecule has 6 heteroatoms. The largest absolute Gasteiger partial charge is 0.396 e. The lowest BCUT2D eigenvalue weighted by Gasteiger charge is -2.14. The first-order valence-corrected chi connectivity index (χ1v) is 9.07. The molecule has 1 aliphatic rings. The predicted octanol–water partition coefficient (Wildman–Crippen LogP) is 2.23. The summed E-state index contributed by atoms with van der Waals surface area (Å²) in [5, 5.41) is 9.07. The number of nitrogens with zero attached hydrogens (tertiary/aromatic N) is 1. The quantitative estimate of drug-likeness (QED) is 0.547. The van der Waals surface area contributed by atoms with Crippen LogP contribution < -0.4 is 0 Å². The smallest absolute Gasteiger partial charge is 0.267 e. The third-order valence-corrected chi connectivity index (χ3v) is 4.73. The number of ether oxygens (including phenoxy) is 1. The molecular formula is C18H23NO4S. The second-order valence-corrected chi connectivity index (χ2v) is 6.56. The number of rotatable bonds is 9. The minimum absolute atomic E-state index is 0.0405. The molecule has 0 aromatic heterocycles. The summed E-state index contributed by atoms with van der Waals surface area (Å²) in [6.45, 7) is 5.32. The molecule has 0 saturated carbocycles. The van der Waals surface area contributed by atoms with Crippen molar-refractivity contribution in [2.45, 2.75) is 20.3 Å². The Labute approximate surface area is 146 Å². The molecule has 130 valence electrons. The van der Waals surface area contributed by atoms with Crippen LogP contribution in [0.2, 0.25) is 0 Å². The molecule has 0 spiro atoms. The van der Waals surface area contributed by atoms with E-state index in [2.05, 4.69) is 0 Å². The molecule has 0 bridgehead atoms. The maximum Gasteiger partial charge on any atom is 0.267 e. The topological polar surface area (TPSA) is 66.8 Å². The number of benzene rings is 1. The molecule has 0 atom stereocenters. The fourth-order valence-corrected chi connectivity index (χ4v) is 3.36. The second-order valence-electron chi connectivity index (χ2n) is 5.45. The molecule has 2 rings (SSSR count). The predicted molar refractivity (Wildman–Crippen MR) is 95.5 cm³/mol. The molecule has 1 heterocycles. The lowest BCUT2D eigenvalue weighted by molar-refractivity contribution is -0.136. The Balaban J connectivity index is 2.24. The van der Waals surface area contributed by atoms with Crippen molar-refractivity contribution >= 4 is 29.1 Å². The van der Waals surface area contributed by atoms with E-state index >= 15 is 0 Å². The average molecular weight is 349 g/mol. The minimum atomic E-state index is -0.273. The molecule has 24 heavy (non-hydrogen) atoms. The van der Waals surface area contributed by atoms with Crippen LogP contribution in [-0.2, 0) is 14.3 Å². The fraction of sp³-hybridized carbons (Fsp3) is 0.444. The monoisotopic (exact) mass is 349 g/mol. The molecule has 1 aromatic carbocycles.